The predicted octanol–water partition coefficient (Wildman–Crippen LogP) is 2.19. The first-order chi connectivity index (χ1) is 9.13. The Hall–Kier alpha value is -2.02. The van der Waals surface area contributed by atoms with Crippen molar-refractivity contribution in [3.8, 4) is 11.8 Å². The van der Waals surface area contributed by atoms with E-state index in [0.717, 1.165) is 0 Å². The van der Waals surface area contributed by atoms with Crippen LogP contribution < -0.4 is 4.74 Å². The van der Waals surface area contributed by atoms with Gasteiger partial charge in [0.2, 0.25) is 0 Å². The van der Waals surface area contributed by atoms with Crippen molar-refractivity contribution in [2.24, 2.45) is 5.92 Å². The summed E-state index contributed by atoms with van der Waals surface area (Å²) in [6.07, 6.45) is 2.41. The first kappa shape index (κ1) is 13.4. The molecule has 19 heavy (non-hydrogen) atoms. The molecule has 1 fully saturated rings. The number of likely N-dealkylation sites (N-methyl/N-ethyl adjacent to an activating group) is 1. The van der Waals surface area contributed by atoms with Gasteiger partial charge in [-0.25, -0.2) is 0 Å². The van der Waals surface area contributed by atoms with Crippen LogP contribution in [0.1, 0.15) is 25.3 Å². The van der Waals surface area contributed by atoms with Crippen molar-refractivity contribution in [3.05, 3.63) is 29.8 Å². The number of benzene rings is 1. The highest BCUT2D eigenvalue weighted by Crippen LogP contribution is 2.34. The van der Waals surface area contributed by atoms with Crippen LogP contribution in [0.2, 0.25) is 0 Å². The molecule has 0 N–H and O–H groups in total. The average molecular weight is 258 g/mol. The maximum Gasteiger partial charge on any atom is 0.260 e. The summed E-state index contributed by atoms with van der Waals surface area (Å²) in [5, 5.41) is 8.94. The van der Waals surface area contributed by atoms with Crippen LogP contribution in [0.4, 0.5) is 0 Å². The minimum atomic E-state index is -0.0489. The zero-order valence-corrected chi connectivity index (χ0v) is 11.3. The third kappa shape index (κ3) is 3.25. The number of ether oxygens (including phenoxy) is 1. The molecule has 0 aromatic heterocycles. The summed E-state index contributed by atoms with van der Waals surface area (Å²) in [4.78, 5) is 13.8. The maximum absolute atomic E-state index is 12.0. The number of carbonyl (C=O) groups is 1. The Kier molecular flexibility index (Phi) is 4.06. The fourth-order valence-electron chi connectivity index (χ4n) is 2.05. The maximum atomic E-state index is 12.0. The number of amides is 1. The molecule has 1 aromatic rings. The van der Waals surface area contributed by atoms with E-state index in [-0.39, 0.29) is 18.6 Å². The molecule has 1 unspecified atom stereocenters. The number of hydrogen-bond donors (Lipinski definition) is 0. The summed E-state index contributed by atoms with van der Waals surface area (Å²) >= 11 is 0. The summed E-state index contributed by atoms with van der Waals surface area (Å²) in [5.41, 5.74) is 0.452. The van der Waals surface area contributed by atoms with Gasteiger partial charge in [-0.15, -0.1) is 0 Å². The summed E-state index contributed by atoms with van der Waals surface area (Å²) in [7, 11) is 1.81. The molecule has 0 saturated heterocycles. The van der Waals surface area contributed by atoms with E-state index in [4.69, 9.17) is 10.00 Å². The molecule has 0 radical (unpaired) electrons. The lowest BCUT2D eigenvalue weighted by Gasteiger charge is -2.24. The van der Waals surface area contributed by atoms with E-state index < -0.39 is 0 Å². The fraction of sp³-hybridized carbons (Fsp3) is 0.467. The molecule has 4 nitrogen and oxygen atoms in total. The highest BCUT2D eigenvalue weighted by Gasteiger charge is 2.32. The highest BCUT2D eigenvalue weighted by molar-refractivity contribution is 5.78. The largest absolute Gasteiger partial charge is 0.482 e. The van der Waals surface area contributed by atoms with Gasteiger partial charge in [0.25, 0.3) is 5.91 Å². The number of nitriles is 1. The van der Waals surface area contributed by atoms with Crippen LogP contribution in [0.25, 0.3) is 0 Å². The van der Waals surface area contributed by atoms with Crippen molar-refractivity contribution in [1.82, 2.24) is 4.90 Å². The van der Waals surface area contributed by atoms with Crippen molar-refractivity contribution in [3.63, 3.8) is 0 Å². The Morgan fingerprint density at radius 3 is 2.84 bits per heavy atom. The van der Waals surface area contributed by atoms with E-state index in [9.17, 15) is 4.79 Å². The minimum absolute atomic E-state index is 0.0216. The van der Waals surface area contributed by atoms with E-state index in [1.54, 1.807) is 29.2 Å². The normalized spacial score (nSPS) is 15.4. The first-order valence-corrected chi connectivity index (χ1v) is 6.51. The SMILES string of the molecule is CC(C1CC1)N(C)C(=O)COc1ccccc1C#N. The molecule has 2 rings (SSSR count). The van der Waals surface area contributed by atoms with Crippen LogP contribution >= 0.6 is 0 Å². The lowest BCUT2D eigenvalue weighted by atomic mass is 10.2. The van der Waals surface area contributed by atoms with E-state index >= 15 is 0 Å². The van der Waals surface area contributed by atoms with Crippen LogP contribution in [0.3, 0.4) is 0 Å². The van der Waals surface area contributed by atoms with Crippen molar-refractivity contribution in [2.45, 2.75) is 25.8 Å². The number of nitrogens with zero attached hydrogens (tertiary/aromatic N) is 2. The van der Waals surface area contributed by atoms with Crippen molar-refractivity contribution >= 4 is 5.91 Å². The van der Waals surface area contributed by atoms with Crippen LogP contribution in [0, 0.1) is 17.2 Å². The van der Waals surface area contributed by atoms with Crippen LogP contribution in [0.15, 0.2) is 24.3 Å². The van der Waals surface area contributed by atoms with Gasteiger partial charge in [-0.2, -0.15) is 5.26 Å². The van der Waals surface area contributed by atoms with Gasteiger partial charge in [0, 0.05) is 13.1 Å². The Bertz CT molecular complexity index is 503. The topological polar surface area (TPSA) is 53.3 Å². The summed E-state index contributed by atoms with van der Waals surface area (Å²) in [6, 6.07) is 9.26. The van der Waals surface area contributed by atoms with Gasteiger partial charge < -0.3 is 9.64 Å². The number of carbonyl (C=O) groups excluding carboxylic acids is 1. The third-order valence-corrected chi connectivity index (χ3v) is 3.67. The van der Waals surface area contributed by atoms with Crippen molar-refractivity contribution in [1.29, 1.82) is 5.26 Å². The van der Waals surface area contributed by atoms with Gasteiger partial charge in [0.05, 0.1) is 5.56 Å². The number of rotatable bonds is 5. The van der Waals surface area contributed by atoms with E-state index in [2.05, 4.69) is 6.92 Å². The van der Waals surface area contributed by atoms with E-state index in [1.807, 2.05) is 13.1 Å². The van der Waals surface area contributed by atoms with E-state index in [0.29, 0.717) is 17.2 Å². The monoisotopic (exact) mass is 258 g/mol. The number of para-hydroxylation sites is 1. The molecule has 0 spiro atoms. The summed E-state index contributed by atoms with van der Waals surface area (Å²) in [5.74, 6) is 1.05. The molecule has 1 amide bonds. The summed E-state index contributed by atoms with van der Waals surface area (Å²) in [6.45, 7) is 2.05. The molecule has 0 aliphatic heterocycles. The van der Waals surface area contributed by atoms with Gasteiger partial charge in [0.1, 0.15) is 11.8 Å². The molecule has 100 valence electrons. The highest BCUT2D eigenvalue weighted by atomic mass is 16.5. The molecule has 4 heteroatoms. The second kappa shape index (κ2) is 5.75. The second-order valence-electron chi connectivity index (χ2n) is 4.98. The lowest BCUT2D eigenvalue weighted by molar-refractivity contribution is -0.134. The molecule has 1 aromatic carbocycles. The Morgan fingerprint density at radius 2 is 2.21 bits per heavy atom. The predicted molar refractivity (Wildman–Crippen MR) is 71.6 cm³/mol. The second-order valence-corrected chi connectivity index (χ2v) is 4.98. The van der Waals surface area contributed by atoms with Crippen molar-refractivity contribution < 1.29 is 9.53 Å². The third-order valence-electron chi connectivity index (χ3n) is 3.67. The molecular weight excluding hydrogens is 240 g/mol. The molecule has 1 aliphatic carbocycles. The van der Waals surface area contributed by atoms with Crippen LogP contribution in [0.5, 0.6) is 5.75 Å². The average Bonchev–Trinajstić information content (AvgIpc) is 3.27. The molecule has 1 saturated carbocycles. The standard InChI is InChI=1S/C15H18N2O2/c1-11(12-7-8-12)17(2)15(18)10-19-14-6-4-3-5-13(14)9-16/h3-6,11-12H,7-8,10H2,1-2H3. The molecule has 1 atom stereocenters. The smallest absolute Gasteiger partial charge is 0.260 e. The number of hydrogen-bond acceptors (Lipinski definition) is 3. The Balaban J connectivity index is 1.91. The summed E-state index contributed by atoms with van der Waals surface area (Å²) < 4.78 is 5.45. The van der Waals surface area contributed by atoms with Gasteiger partial charge in [-0.05, 0) is 37.8 Å². The first-order valence-electron chi connectivity index (χ1n) is 6.51. The lowest BCUT2D eigenvalue weighted by Crippen LogP contribution is -2.39. The van der Waals surface area contributed by atoms with Crippen LogP contribution in [-0.4, -0.2) is 30.5 Å². The van der Waals surface area contributed by atoms with E-state index in [1.165, 1.54) is 12.8 Å². The molecule has 0 heterocycles. The Labute approximate surface area is 113 Å². The van der Waals surface area contributed by atoms with Gasteiger partial charge in [0.15, 0.2) is 6.61 Å². The van der Waals surface area contributed by atoms with Gasteiger partial charge >= 0.3 is 0 Å². The molecule has 0 bridgehead atoms. The zero-order valence-electron chi connectivity index (χ0n) is 11.3. The quantitative estimate of drug-likeness (QED) is 0.813. The molecular formula is C15H18N2O2. The Morgan fingerprint density at radius 1 is 1.53 bits per heavy atom. The fourth-order valence-corrected chi connectivity index (χ4v) is 2.05. The zero-order chi connectivity index (χ0) is 13.8. The van der Waals surface area contributed by atoms with Gasteiger partial charge in [-0.1, -0.05) is 12.1 Å². The van der Waals surface area contributed by atoms with Crippen LogP contribution in [-0.2, 0) is 4.79 Å². The minimum Gasteiger partial charge on any atom is -0.482 e. The van der Waals surface area contributed by atoms with Gasteiger partial charge in [-0.3, -0.25) is 4.79 Å². The van der Waals surface area contributed by atoms with Crippen molar-refractivity contribution in [2.75, 3.05) is 13.7 Å². The molecule has 1 aliphatic rings.